The molecule has 0 radical (unpaired) electrons. The third-order valence-electron chi connectivity index (χ3n) is 2.79. The van der Waals surface area contributed by atoms with Gasteiger partial charge in [0, 0.05) is 16.7 Å². The van der Waals surface area contributed by atoms with E-state index in [1.165, 1.54) is 16.9 Å². The lowest BCUT2D eigenvalue weighted by molar-refractivity contribution is -0.0429. The van der Waals surface area contributed by atoms with Crippen molar-refractivity contribution < 1.29 is 35.6 Å². The van der Waals surface area contributed by atoms with Gasteiger partial charge in [0.1, 0.15) is 5.69 Å². The minimum atomic E-state index is -5.66. The highest BCUT2D eigenvalue weighted by atomic mass is 35.5. The summed E-state index contributed by atoms with van der Waals surface area (Å²) < 4.78 is 71.1. The molecular weight excluding hydrogens is 389 g/mol. The van der Waals surface area contributed by atoms with Crippen LogP contribution in [0.4, 0.5) is 18.9 Å². The summed E-state index contributed by atoms with van der Waals surface area (Å²) in [6.07, 6.45) is 0. The van der Waals surface area contributed by atoms with Crippen LogP contribution in [0.2, 0.25) is 5.02 Å². The van der Waals surface area contributed by atoms with Crippen molar-refractivity contribution in [2.24, 2.45) is 0 Å². The lowest BCUT2D eigenvalue weighted by Crippen LogP contribution is -2.30. The largest absolute Gasteiger partial charge is 0.516 e. The van der Waals surface area contributed by atoms with Crippen LogP contribution < -0.4 is 4.72 Å². The molecule has 12 heteroatoms. The van der Waals surface area contributed by atoms with Gasteiger partial charge in [0.2, 0.25) is 5.76 Å². The first kappa shape index (κ1) is 19.1. The summed E-state index contributed by atoms with van der Waals surface area (Å²) in [4.78, 5) is 11.6. The van der Waals surface area contributed by atoms with E-state index in [-0.39, 0.29) is 28.6 Å². The van der Waals surface area contributed by atoms with Crippen LogP contribution in [0.1, 0.15) is 17.5 Å². The van der Waals surface area contributed by atoms with Crippen LogP contribution in [0, 0.1) is 0 Å². The number of nitrogens with one attached hydrogen (secondary N) is 1. The highest BCUT2D eigenvalue weighted by Crippen LogP contribution is 2.34. The zero-order valence-corrected chi connectivity index (χ0v) is 14.0. The van der Waals surface area contributed by atoms with Crippen LogP contribution in [-0.4, -0.2) is 31.7 Å². The molecule has 0 aliphatic carbocycles. The molecule has 0 spiro atoms. The van der Waals surface area contributed by atoms with Gasteiger partial charge >= 0.3 is 21.5 Å². The van der Waals surface area contributed by atoms with Crippen molar-refractivity contribution in [3.05, 3.63) is 35.0 Å². The maximum atomic E-state index is 12.6. The van der Waals surface area contributed by atoms with Crippen molar-refractivity contribution >= 4 is 33.3 Å². The van der Waals surface area contributed by atoms with Gasteiger partial charge in [0.15, 0.2) is 0 Å². The third-order valence-corrected chi connectivity index (χ3v) is 4.13. The second-order valence-electron chi connectivity index (χ2n) is 4.54. The van der Waals surface area contributed by atoms with Gasteiger partial charge in [0.25, 0.3) is 0 Å². The number of carbonyl (C=O) groups is 1. The molecule has 0 fully saturated rings. The minimum absolute atomic E-state index is 0.0721. The first-order valence-corrected chi connectivity index (χ1v) is 8.44. The molecule has 0 bridgehead atoms. The van der Waals surface area contributed by atoms with Crippen molar-refractivity contribution in [2.45, 2.75) is 12.4 Å². The predicted octanol–water partition coefficient (Wildman–Crippen LogP) is 3.43. The van der Waals surface area contributed by atoms with Crippen molar-refractivity contribution in [2.75, 3.05) is 11.3 Å². The van der Waals surface area contributed by atoms with E-state index < -0.39 is 27.2 Å². The lowest BCUT2D eigenvalue weighted by Gasteiger charge is -2.13. The molecule has 0 saturated heterocycles. The Morgan fingerprint density at radius 1 is 1.36 bits per heavy atom. The molecule has 1 heterocycles. The summed E-state index contributed by atoms with van der Waals surface area (Å²) >= 11 is 5.80. The van der Waals surface area contributed by atoms with E-state index in [0.29, 0.717) is 0 Å². The molecule has 0 amide bonds. The Morgan fingerprint density at radius 2 is 2.04 bits per heavy atom. The van der Waals surface area contributed by atoms with E-state index in [4.69, 9.17) is 20.9 Å². The fourth-order valence-corrected chi connectivity index (χ4v) is 2.48. The van der Waals surface area contributed by atoms with Crippen molar-refractivity contribution in [1.82, 2.24) is 5.16 Å². The Balaban J connectivity index is 2.45. The number of alkyl halides is 3. The minimum Gasteiger partial charge on any atom is -0.460 e. The molecule has 0 atom stereocenters. The number of anilines is 1. The molecule has 2 aromatic rings. The van der Waals surface area contributed by atoms with Gasteiger partial charge < -0.3 is 9.26 Å². The molecule has 136 valence electrons. The SMILES string of the molecule is CCOC(=O)c1cc(-c2cc(Cl)ccc2NS(=O)(=O)C(F)(F)F)no1. The maximum Gasteiger partial charge on any atom is 0.516 e. The maximum absolute atomic E-state index is 12.6. The molecule has 7 nitrogen and oxygen atoms in total. The van der Waals surface area contributed by atoms with Gasteiger partial charge in [-0.1, -0.05) is 16.8 Å². The van der Waals surface area contributed by atoms with Gasteiger partial charge in [-0.2, -0.15) is 21.6 Å². The Labute approximate surface area is 144 Å². The van der Waals surface area contributed by atoms with Crippen molar-refractivity contribution in [3.63, 3.8) is 0 Å². The number of halogens is 4. The van der Waals surface area contributed by atoms with Crippen molar-refractivity contribution in [1.29, 1.82) is 0 Å². The van der Waals surface area contributed by atoms with E-state index in [1.54, 1.807) is 6.92 Å². The molecular formula is C13H10ClF3N2O5S. The zero-order valence-electron chi connectivity index (χ0n) is 12.4. The first-order chi connectivity index (χ1) is 11.5. The lowest BCUT2D eigenvalue weighted by atomic mass is 10.1. The number of ether oxygens (including phenoxy) is 1. The summed E-state index contributed by atoms with van der Waals surface area (Å²) in [6.45, 7) is 1.64. The zero-order chi connectivity index (χ0) is 18.8. The number of rotatable bonds is 5. The normalized spacial score (nSPS) is 12.0. The number of esters is 1. The second kappa shape index (κ2) is 6.92. The van der Waals surface area contributed by atoms with Gasteiger partial charge in [0.05, 0.1) is 12.3 Å². The van der Waals surface area contributed by atoms with Crippen LogP contribution in [0.5, 0.6) is 0 Å². The molecule has 1 aromatic heterocycles. The van der Waals surface area contributed by atoms with E-state index in [2.05, 4.69) is 5.16 Å². The monoisotopic (exact) mass is 398 g/mol. The fourth-order valence-electron chi connectivity index (χ4n) is 1.72. The quantitative estimate of drug-likeness (QED) is 0.775. The number of carbonyl (C=O) groups excluding carboxylic acids is 1. The molecule has 1 N–H and O–H groups in total. The Kier molecular flexibility index (Phi) is 5.28. The van der Waals surface area contributed by atoms with E-state index >= 15 is 0 Å². The molecule has 0 saturated carbocycles. The van der Waals surface area contributed by atoms with E-state index in [9.17, 15) is 26.4 Å². The highest BCUT2D eigenvalue weighted by molar-refractivity contribution is 7.93. The van der Waals surface area contributed by atoms with Crippen LogP contribution >= 0.6 is 11.6 Å². The number of sulfonamides is 1. The van der Waals surface area contributed by atoms with Gasteiger partial charge in [-0.15, -0.1) is 0 Å². The Hall–Kier alpha value is -2.27. The van der Waals surface area contributed by atoms with E-state index in [1.807, 2.05) is 0 Å². The number of nitrogens with zero attached hydrogens (tertiary/aromatic N) is 1. The summed E-state index contributed by atoms with van der Waals surface area (Å²) in [6, 6.07) is 4.48. The standard InChI is InChI=1S/C13H10ClF3N2O5S/c1-2-23-12(20)11-6-10(18-24-11)8-5-7(14)3-4-9(8)19-25(21,22)13(15,16)17/h3-6,19H,2H2,1H3. The Morgan fingerprint density at radius 3 is 2.64 bits per heavy atom. The number of hydrogen-bond acceptors (Lipinski definition) is 6. The van der Waals surface area contributed by atoms with Crippen LogP contribution in [0.3, 0.4) is 0 Å². The first-order valence-electron chi connectivity index (χ1n) is 6.58. The summed E-state index contributed by atoms with van der Waals surface area (Å²) in [5.41, 5.74) is -6.17. The van der Waals surface area contributed by atoms with Crippen LogP contribution in [0.15, 0.2) is 28.8 Å². The van der Waals surface area contributed by atoms with Gasteiger partial charge in [-0.3, -0.25) is 4.72 Å². The highest BCUT2D eigenvalue weighted by Gasteiger charge is 2.46. The molecule has 1 aromatic carbocycles. The molecule has 0 aliphatic heterocycles. The van der Waals surface area contributed by atoms with Gasteiger partial charge in [-0.05, 0) is 25.1 Å². The number of aromatic nitrogens is 1. The third kappa shape index (κ3) is 4.23. The molecule has 2 rings (SSSR count). The van der Waals surface area contributed by atoms with Gasteiger partial charge in [-0.25, -0.2) is 4.79 Å². The molecule has 0 aliphatic rings. The molecule has 0 unspecified atom stereocenters. The Bertz CT molecular complexity index is 895. The predicted molar refractivity (Wildman–Crippen MR) is 81.5 cm³/mol. The summed E-state index contributed by atoms with van der Waals surface area (Å²) in [5.74, 6) is -1.14. The average molecular weight is 399 g/mol. The number of benzene rings is 1. The molecule has 25 heavy (non-hydrogen) atoms. The van der Waals surface area contributed by atoms with E-state index in [0.717, 1.165) is 12.1 Å². The average Bonchev–Trinajstić information content (AvgIpc) is 2.98. The smallest absolute Gasteiger partial charge is 0.460 e. The second-order valence-corrected chi connectivity index (χ2v) is 6.65. The van der Waals surface area contributed by atoms with Crippen LogP contribution in [0.25, 0.3) is 11.3 Å². The number of hydrogen-bond donors (Lipinski definition) is 1. The fraction of sp³-hybridized carbons (Fsp3) is 0.231. The summed E-state index contributed by atoms with van der Waals surface area (Å²) in [5, 5.41) is 3.64. The van der Waals surface area contributed by atoms with Crippen molar-refractivity contribution in [3.8, 4) is 11.3 Å². The topological polar surface area (TPSA) is 98.5 Å². The summed E-state index contributed by atoms with van der Waals surface area (Å²) in [7, 11) is -5.66. The van der Waals surface area contributed by atoms with Crippen LogP contribution in [-0.2, 0) is 14.8 Å².